The number of nitrogens with zero attached hydrogens (tertiary/aromatic N) is 2. The van der Waals surface area contributed by atoms with Gasteiger partial charge >= 0.3 is 0 Å². The average molecular weight is 286 g/mol. The van der Waals surface area contributed by atoms with Crippen LogP contribution in [0.2, 0.25) is 5.02 Å². The first-order valence-corrected chi connectivity index (χ1v) is 6.56. The second-order valence-electron chi connectivity index (χ2n) is 4.47. The molecule has 0 aliphatic heterocycles. The van der Waals surface area contributed by atoms with E-state index in [9.17, 15) is 4.79 Å². The Kier molecular flexibility index (Phi) is 3.39. The van der Waals surface area contributed by atoms with Crippen LogP contribution in [0.4, 0.5) is 0 Å². The van der Waals surface area contributed by atoms with E-state index in [1.165, 1.54) is 4.68 Å². The van der Waals surface area contributed by atoms with Crippen LogP contribution in [0.3, 0.4) is 0 Å². The summed E-state index contributed by atoms with van der Waals surface area (Å²) in [7, 11) is 0. The molecular weight excluding hydrogens is 274 g/mol. The number of H-pyrrole nitrogens is 1. The monoisotopic (exact) mass is 285 g/mol. The molecule has 1 aromatic carbocycles. The van der Waals surface area contributed by atoms with Crippen LogP contribution >= 0.6 is 11.6 Å². The van der Waals surface area contributed by atoms with Gasteiger partial charge in [-0.3, -0.25) is 14.9 Å². The Balaban J connectivity index is 1.91. The zero-order valence-electron chi connectivity index (χ0n) is 10.6. The van der Waals surface area contributed by atoms with Gasteiger partial charge in [-0.25, -0.2) is 4.68 Å². The first-order valence-electron chi connectivity index (χ1n) is 6.18. The predicted octanol–water partition coefficient (Wildman–Crippen LogP) is 2.80. The van der Waals surface area contributed by atoms with Gasteiger partial charge in [-0.05, 0) is 35.9 Å². The first kappa shape index (κ1) is 12.7. The number of hydrogen-bond donors (Lipinski definition) is 1. The average Bonchev–Trinajstić information content (AvgIpc) is 2.81. The van der Waals surface area contributed by atoms with E-state index < -0.39 is 0 Å². The third-order valence-corrected chi connectivity index (χ3v) is 3.23. The zero-order chi connectivity index (χ0) is 13.9. The van der Waals surface area contributed by atoms with Crippen molar-refractivity contribution in [2.75, 3.05) is 0 Å². The van der Waals surface area contributed by atoms with Gasteiger partial charge in [0.25, 0.3) is 5.56 Å². The van der Waals surface area contributed by atoms with Crippen molar-refractivity contribution in [3.63, 3.8) is 0 Å². The largest absolute Gasteiger partial charge is 0.295 e. The molecule has 4 nitrogen and oxygen atoms in total. The lowest BCUT2D eigenvalue weighted by Gasteiger charge is -2.02. The second kappa shape index (κ2) is 5.35. The molecule has 2 aromatic heterocycles. The van der Waals surface area contributed by atoms with E-state index in [0.29, 0.717) is 11.4 Å². The van der Waals surface area contributed by atoms with Crippen LogP contribution in [0.15, 0.2) is 59.7 Å². The number of pyridine rings is 1. The van der Waals surface area contributed by atoms with Gasteiger partial charge in [-0.2, -0.15) is 0 Å². The van der Waals surface area contributed by atoms with Crippen molar-refractivity contribution >= 4 is 11.6 Å². The zero-order valence-corrected chi connectivity index (χ0v) is 11.3. The molecule has 0 bridgehead atoms. The number of rotatable bonds is 3. The van der Waals surface area contributed by atoms with E-state index >= 15 is 0 Å². The van der Waals surface area contributed by atoms with Gasteiger partial charge in [0.05, 0.1) is 5.69 Å². The lowest BCUT2D eigenvalue weighted by molar-refractivity contribution is 0.824. The maximum atomic E-state index is 12.0. The summed E-state index contributed by atoms with van der Waals surface area (Å²) in [6, 6.07) is 12.6. The van der Waals surface area contributed by atoms with Crippen molar-refractivity contribution in [2.45, 2.75) is 6.42 Å². The topological polar surface area (TPSA) is 50.7 Å². The highest BCUT2D eigenvalue weighted by Gasteiger charge is 2.06. The van der Waals surface area contributed by atoms with Crippen molar-refractivity contribution in [1.82, 2.24) is 14.8 Å². The molecule has 0 spiro atoms. The fourth-order valence-electron chi connectivity index (χ4n) is 2.04. The van der Waals surface area contributed by atoms with Crippen LogP contribution in [0.25, 0.3) is 5.69 Å². The minimum Gasteiger partial charge on any atom is -0.295 e. The normalized spacial score (nSPS) is 10.7. The van der Waals surface area contributed by atoms with Crippen LogP contribution in [0, 0.1) is 0 Å². The van der Waals surface area contributed by atoms with Gasteiger partial charge in [-0.1, -0.05) is 17.7 Å². The Morgan fingerprint density at radius 2 is 2.00 bits per heavy atom. The number of benzene rings is 1. The van der Waals surface area contributed by atoms with Crippen molar-refractivity contribution in [2.24, 2.45) is 0 Å². The molecule has 0 radical (unpaired) electrons. The molecule has 100 valence electrons. The molecule has 0 aliphatic rings. The highest BCUT2D eigenvalue weighted by molar-refractivity contribution is 6.30. The van der Waals surface area contributed by atoms with E-state index in [1.807, 2.05) is 12.1 Å². The standard InChI is InChI=1S/C15H12ClN3O/c16-12-3-5-14(6-4-12)19-15(20)9-13(18-19)8-11-2-1-7-17-10-11/h1-7,9-10,18H,8H2. The minimum absolute atomic E-state index is 0.0915. The Labute approximate surface area is 120 Å². The highest BCUT2D eigenvalue weighted by atomic mass is 35.5. The van der Waals surface area contributed by atoms with Crippen LogP contribution < -0.4 is 5.56 Å². The summed E-state index contributed by atoms with van der Waals surface area (Å²) in [5.41, 5.74) is 2.57. The minimum atomic E-state index is -0.0915. The molecule has 1 N–H and O–H groups in total. The number of hydrogen-bond acceptors (Lipinski definition) is 2. The fraction of sp³-hybridized carbons (Fsp3) is 0.0667. The first-order chi connectivity index (χ1) is 9.72. The summed E-state index contributed by atoms with van der Waals surface area (Å²) in [5.74, 6) is 0. The van der Waals surface area contributed by atoms with E-state index in [2.05, 4.69) is 10.1 Å². The molecule has 0 aliphatic carbocycles. The number of halogens is 1. The van der Waals surface area contributed by atoms with Gasteiger partial charge in [0, 0.05) is 35.6 Å². The molecule has 0 atom stereocenters. The number of aromatic amines is 1. The third kappa shape index (κ3) is 2.65. The van der Waals surface area contributed by atoms with Crippen LogP contribution in [-0.4, -0.2) is 14.8 Å². The van der Waals surface area contributed by atoms with Gasteiger partial charge in [0.1, 0.15) is 0 Å². The van der Waals surface area contributed by atoms with Crippen molar-refractivity contribution in [1.29, 1.82) is 0 Å². The van der Waals surface area contributed by atoms with Gasteiger partial charge in [0.2, 0.25) is 0 Å². The van der Waals surface area contributed by atoms with Crippen LogP contribution in [-0.2, 0) is 6.42 Å². The summed E-state index contributed by atoms with van der Waals surface area (Å²) in [6.07, 6.45) is 4.16. The molecule has 0 amide bonds. The summed E-state index contributed by atoms with van der Waals surface area (Å²) in [4.78, 5) is 16.1. The quantitative estimate of drug-likeness (QED) is 0.804. The molecule has 5 heteroatoms. The second-order valence-corrected chi connectivity index (χ2v) is 4.91. The molecular formula is C15H12ClN3O. The van der Waals surface area contributed by atoms with Crippen molar-refractivity contribution in [3.8, 4) is 5.69 Å². The molecule has 3 aromatic rings. The SMILES string of the molecule is O=c1cc(Cc2cccnc2)[nH]n1-c1ccc(Cl)cc1. The molecule has 2 heterocycles. The Bertz CT molecular complexity index is 760. The van der Waals surface area contributed by atoms with Crippen molar-refractivity contribution in [3.05, 3.63) is 81.5 Å². The molecule has 3 rings (SSSR count). The summed E-state index contributed by atoms with van der Waals surface area (Å²) < 4.78 is 1.50. The lowest BCUT2D eigenvalue weighted by atomic mass is 10.2. The van der Waals surface area contributed by atoms with Gasteiger partial charge in [-0.15, -0.1) is 0 Å². The van der Waals surface area contributed by atoms with E-state index in [0.717, 1.165) is 16.9 Å². The summed E-state index contributed by atoms with van der Waals surface area (Å²) >= 11 is 5.85. The van der Waals surface area contributed by atoms with Crippen LogP contribution in [0.5, 0.6) is 0 Å². The van der Waals surface area contributed by atoms with Gasteiger partial charge < -0.3 is 0 Å². The molecule has 0 saturated heterocycles. The fourth-order valence-corrected chi connectivity index (χ4v) is 2.17. The summed E-state index contributed by atoms with van der Waals surface area (Å²) in [5, 5.41) is 3.74. The Morgan fingerprint density at radius 3 is 2.70 bits per heavy atom. The van der Waals surface area contributed by atoms with E-state index in [1.54, 1.807) is 42.7 Å². The number of nitrogens with one attached hydrogen (secondary N) is 1. The lowest BCUT2D eigenvalue weighted by Crippen LogP contribution is -2.13. The maximum Gasteiger partial charge on any atom is 0.271 e. The Morgan fingerprint density at radius 1 is 1.20 bits per heavy atom. The van der Waals surface area contributed by atoms with E-state index in [-0.39, 0.29) is 5.56 Å². The predicted molar refractivity (Wildman–Crippen MR) is 78.4 cm³/mol. The van der Waals surface area contributed by atoms with E-state index in [4.69, 9.17) is 11.6 Å². The number of aromatic nitrogens is 3. The summed E-state index contributed by atoms with van der Waals surface area (Å²) in [6.45, 7) is 0. The molecule has 20 heavy (non-hydrogen) atoms. The Hall–Kier alpha value is -2.33. The van der Waals surface area contributed by atoms with Crippen LogP contribution in [0.1, 0.15) is 11.3 Å². The molecule has 0 unspecified atom stereocenters. The maximum absolute atomic E-state index is 12.0. The molecule has 0 saturated carbocycles. The highest BCUT2D eigenvalue weighted by Crippen LogP contribution is 2.12. The smallest absolute Gasteiger partial charge is 0.271 e. The van der Waals surface area contributed by atoms with Crippen molar-refractivity contribution < 1.29 is 0 Å². The molecule has 0 fully saturated rings. The third-order valence-electron chi connectivity index (χ3n) is 2.98. The van der Waals surface area contributed by atoms with Gasteiger partial charge in [0.15, 0.2) is 0 Å².